The van der Waals surface area contributed by atoms with E-state index in [1.165, 1.54) is 74.0 Å². The Balaban J connectivity index is 0.000000295. The topological polar surface area (TPSA) is 26.3 Å². The average Bonchev–Trinajstić information content (AvgIpc) is 3.93. The van der Waals surface area contributed by atoms with Crippen LogP contribution in [0.2, 0.25) is 0 Å². The number of aryl methyl sites for hydroxylation is 3. The maximum Gasteiger partial charge on any atom is 0.139 e. The number of furan rings is 2. The highest BCUT2D eigenvalue weighted by molar-refractivity contribution is 6.16. The molecular weight excluding hydrogens is 801 g/mol. The monoisotopic (exact) mass is 875 g/mol. The van der Waals surface area contributed by atoms with Crippen molar-refractivity contribution in [2.45, 2.75) is 109 Å². The second-order valence-corrected chi connectivity index (χ2v) is 15.2. The van der Waals surface area contributed by atoms with Crippen LogP contribution in [0.3, 0.4) is 0 Å². The third-order valence-corrected chi connectivity index (χ3v) is 10.7. The Morgan fingerprint density at radius 1 is 0.333 bits per heavy atom. The number of rotatable bonds is 6. The van der Waals surface area contributed by atoms with Gasteiger partial charge in [0.15, 0.2) is 0 Å². The van der Waals surface area contributed by atoms with Crippen LogP contribution in [0.1, 0.15) is 106 Å². The highest BCUT2D eigenvalue weighted by atomic mass is 16.3. The summed E-state index contributed by atoms with van der Waals surface area (Å²) in [6.07, 6.45) is 3.60. The summed E-state index contributed by atoms with van der Waals surface area (Å²) in [7, 11) is 0. The van der Waals surface area contributed by atoms with Gasteiger partial charge in [-0.25, -0.2) is 0 Å². The summed E-state index contributed by atoms with van der Waals surface area (Å²) in [4.78, 5) is 0. The van der Waals surface area contributed by atoms with Crippen LogP contribution in [0.5, 0.6) is 0 Å². The molecule has 0 aliphatic carbocycles. The number of hydrogen-bond acceptors (Lipinski definition) is 2. The minimum absolute atomic E-state index is 0.838. The van der Waals surface area contributed by atoms with E-state index >= 15 is 0 Å². The third-order valence-electron chi connectivity index (χ3n) is 10.7. The van der Waals surface area contributed by atoms with Gasteiger partial charge in [-0.05, 0) is 112 Å². The van der Waals surface area contributed by atoms with Gasteiger partial charge in [0, 0.05) is 27.6 Å². The number of fused-ring (bicyclic) bond motifs is 6. The standard InChI is InChI=1S/C37H24O2.C16H18.C3H8.4C2H6/c1-23-10-12-25(13-11-23)28-14-16-34-30(19-28)32-21-33-31-20-29(15-17-35(31)39-37(33)22-36(32)38-34)27-9-5-8-26(18-27)24-6-3-2-4-7-24;1-3-8-14-10-5-7-12-16(14)15-11-6-4-9-13(15)2;1-3-2;4*1-2/h2-22H,1H3;4-7,9-12H,3,8H2,1-2H3;3H2,1-2H3;4*1-2H3. The summed E-state index contributed by atoms with van der Waals surface area (Å²) in [6, 6.07) is 62.4. The van der Waals surface area contributed by atoms with Crippen molar-refractivity contribution in [2.24, 2.45) is 0 Å². The molecule has 66 heavy (non-hydrogen) atoms. The van der Waals surface area contributed by atoms with Crippen molar-refractivity contribution in [1.29, 1.82) is 0 Å². The molecule has 10 aromatic rings. The van der Waals surface area contributed by atoms with Gasteiger partial charge in [0.05, 0.1) is 0 Å². The van der Waals surface area contributed by atoms with E-state index < -0.39 is 0 Å². The first-order valence-electron chi connectivity index (χ1n) is 24.6. The van der Waals surface area contributed by atoms with E-state index in [0.717, 1.165) is 50.3 Å². The molecule has 0 N–H and O–H groups in total. The maximum atomic E-state index is 6.28. The fourth-order valence-corrected chi connectivity index (χ4v) is 7.81. The molecule has 2 aromatic heterocycles. The van der Waals surface area contributed by atoms with Crippen molar-refractivity contribution in [3.63, 3.8) is 0 Å². The summed E-state index contributed by atoms with van der Waals surface area (Å²) in [5.41, 5.74) is 17.4. The molecule has 8 aromatic carbocycles. The SMILES string of the molecule is CC.CC.CC.CC.CCC.CCCc1ccccc1-c1ccccc1C.Cc1ccc(-c2ccc3oc4cc5oc6ccc(-c7cccc(-c8ccccc8)c7)cc6c5cc4c3c2)cc1. The van der Waals surface area contributed by atoms with E-state index in [-0.39, 0.29) is 0 Å². The summed E-state index contributed by atoms with van der Waals surface area (Å²) >= 11 is 0. The molecule has 0 atom stereocenters. The van der Waals surface area contributed by atoms with Gasteiger partial charge in [0.1, 0.15) is 22.3 Å². The Hall–Kier alpha value is -6.64. The molecule has 0 aliphatic rings. The minimum Gasteiger partial charge on any atom is -0.456 e. The normalized spacial score (nSPS) is 10.1. The Kier molecular flexibility index (Phi) is 21.3. The molecule has 2 heteroatoms. The summed E-state index contributed by atoms with van der Waals surface area (Å²) in [6.45, 7) is 26.8. The van der Waals surface area contributed by atoms with Gasteiger partial charge in [0.2, 0.25) is 0 Å². The van der Waals surface area contributed by atoms with E-state index in [9.17, 15) is 0 Å². The fraction of sp³-hybridized carbons (Fsp3) is 0.250. The summed E-state index contributed by atoms with van der Waals surface area (Å²) < 4.78 is 12.5. The molecule has 0 spiro atoms. The highest BCUT2D eigenvalue weighted by Gasteiger charge is 2.15. The van der Waals surface area contributed by atoms with Crippen molar-refractivity contribution in [3.05, 3.63) is 193 Å². The molecule has 10 rings (SSSR count). The maximum absolute atomic E-state index is 6.28. The molecule has 0 unspecified atom stereocenters. The third kappa shape index (κ3) is 12.6. The second-order valence-electron chi connectivity index (χ2n) is 15.2. The molecule has 342 valence electrons. The Morgan fingerprint density at radius 3 is 1.29 bits per heavy atom. The molecule has 0 aliphatic heterocycles. The first-order valence-corrected chi connectivity index (χ1v) is 24.6. The lowest BCUT2D eigenvalue weighted by Crippen LogP contribution is -1.90. The Bertz CT molecular complexity index is 2960. The van der Waals surface area contributed by atoms with Crippen LogP contribution in [-0.4, -0.2) is 0 Å². The van der Waals surface area contributed by atoms with Gasteiger partial charge in [-0.2, -0.15) is 0 Å². The van der Waals surface area contributed by atoms with Crippen LogP contribution in [0.25, 0.3) is 88.4 Å². The zero-order valence-corrected chi connectivity index (χ0v) is 42.2. The van der Waals surface area contributed by atoms with Gasteiger partial charge >= 0.3 is 0 Å². The van der Waals surface area contributed by atoms with Crippen molar-refractivity contribution in [1.82, 2.24) is 0 Å². The lowest BCUT2D eigenvalue weighted by molar-refractivity contribution is 0.656. The van der Waals surface area contributed by atoms with Gasteiger partial charge in [-0.1, -0.05) is 228 Å². The molecule has 0 saturated carbocycles. The fourth-order valence-electron chi connectivity index (χ4n) is 7.81. The van der Waals surface area contributed by atoms with Crippen LogP contribution < -0.4 is 0 Å². The van der Waals surface area contributed by atoms with E-state index in [4.69, 9.17) is 8.83 Å². The average molecular weight is 875 g/mol. The first kappa shape index (κ1) is 52.0. The predicted octanol–water partition coefficient (Wildman–Crippen LogP) is 20.9. The van der Waals surface area contributed by atoms with Crippen LogP contribution in [0.15, 0.2) is 185 Å². The Labute approximate surface area is 397 Å². The van der Waals surface area contributed by atoms with Crippen LogP contribution in [-0.2, 0) is 6.42 Å². The lowest BCUT2D eigenvalue weighted by atomic mass is 9.94. The van der Waals surface area contributed by atoms with E-state index in [1.54, 1.807) is 0 Å². The van der Waals surface area contributed by atoms with Crippen molar-refractivity contribution in [2.75, 3.05) is 0 Å². The molecule has 0 radical (unpaired) electrons. The zero-order valence-electron chi connectivity index (χ0n) is 42.2. The quantitative estimate of drug-likeness (QED) is 0.166. The molecule has 0 amide bonds. The summed E-state index contributed by atoms with van der Waals surface area (Å²) in [5.74, 6) is 0. The van der Waals surface area contributed by atoms with Crippen LogP contribution >= 0.6 is 0 Å². The van der Waals surface area contributed by atoms with Gasteiger partial charge in [-0.3, -0.25) is 0 Å². The number of benzene rings is 8. The zero-order chi connectivity index (χ0) is 48.0. The van der Waals surface area contributed by atoms with E-state index in [0.29, 0.717) is 0 Å². The molecule has 2 nitrogen and oxygen atoms in total. The van der Waals surface area contributed by atoms with Crippen molar-refractivity contribution >= 4 is 43.9 Å². The largest absolute Gasteiger partial charge is 0.456 e. The first-order chi connectivity index (χ1) is 32.4. The van der Waals surface area contributed by atoms with Crippen LogP contribution in [0, 0.1) is 13.8 Å². The van der Waals surface area contributed by atoms with Crippen molar-refractivity contribution in [3.8, 4) is 44.5 Å². The van der Waals surface area contributed by atoms with E-state index in [2.05, 4.69) is 204 Å². The summed E-state index contributed by atoms with van der Waals surface area (Å²) in [5, 5.41) is 4.43. The van der Waals surface area contributed by atoms with Crippen molar-refractivity contribution < 1.29 is 8.83 Å². The number of hydrogen-bond donors (Lipinski definition) is 0. The van der Waals surface area contributed by atoms with Crippen LogP contribution in [0.4, 0.5) is 0 Å². The van der Waals surface area contributed by atoms with Gasteiger partial charge in [-0.15, -0.1) is 0 Å². The lowest BCUT2D eigenvalue weighted by Gasteiger charge is -2.11. The van der Waals surface area contributed by atoms with E-state index in [1.807, 2.05) is 61.5 Å². The molecule has 0 bridgehead atoms. The molecular formula is C64H74O2. The minimum atomic E-state index is 0.838. The second kappa shape index (κ2) is 27.0. The van der Waals surface area contributed by atoms with Gasteiger partial charge in [0.25, 0.3) is 0 Å². The molecule has 0 saturated heterocycles. The smallest absolute Gasteiger partial charge is 0.139 e. The Morgan fingerprint density at radius 2 is 0.742 bits per heavy atom. The van der Waals surface area contributed by atoms with Gasteiger partial charge < -0.3 is 8.83 Å². The molecule has 0 fully saturated rings. The predicted molar refractivity (Wildman–Crippen MR) is 294 cm³/mol. The molecule has 2 heterocycles. The highest BCUT2D eigenvalue weighted by Crippen LogP contribution is 2.39.